The predicted octanol–water partition coefficient (Wildman–Crippen LogP) is 3.01. The van der Waals surface area contributed by atoms with E-state index >= 15 is 0 Å². The zero-order valence-electron chi connectivity index (χ0n) is 18.5. The second-order valence-electron chi connectivity index (χ2n) is 8.38. The number of carbonyl (C=O) groups excluding carboxylic acids is 2. The molecule has 2 aromatic carbocycles. The molecule has 33 heavy (non-hydrogen) atoms. The highest BCUT2D eigenvalue weighted by molar-refractivity contribution is 5.89. The summed E-state index contributed by atoms with van der Waals surface area (Å²) >= 11 is 0. The van der Waals surface area contributed by atoms with Crippen molar-refractivity contribution >= 4 is 18.0 Å². The largest absolute Gasteiger partial charge is 0.481 e. The number of hydrogen-bond acceptors (Lipinski definition) is 5. The van der Waals surface area contributed by atoms with Gasteiger partial charge in [-0.3, -0.25) is 9.59 Å². The number of nitrogens with one attached hydrogen (secondary N) is 1. The van der Waals surface area contributed by atoms with Crippen molar-refractivity contribution in [1.29, 1.82) is 0 Å². The molecule has 2 N–H and O–H groups in total. The van der Waals surface area contributed by atoms with Gasteiger partial charge in [0, 0.05) is 25.6 Å². The molecule has 8 heteroatoms. The van der Waals surface area contributed by atoms with Gasteiger partial charge in [-0.2, -0.15) is 0 Å². The summed E-state index contributed by atoms with van der Waals surface area (Å²) in [4.78, 5) is 38.6. The van der Waals surface area contributed by atoms with E-state index in [9.17, 15) is 19.5 Å². The van der Waals surface area contributed by atoms with E-state index in [0.29, 0.717) is 13.2 Å². The molecule has 8 nitrogen and oxygen atoms in total. The summed E-state index contributed by atoms with van der Waals surface area (Å²) in [6, 6.07) is 14.8. The summed E-state index contributed by atoms with van der Waals surface area (Å²) < 4.78 is 10.6. The van der Waals surface area contributed by atoms with Crippen molar-refractivity contribution in [3.63, 3.8) is 0 Å². The first-order chi connectivity index (χ1) is 16.0. The van der Waals surface area contributed by atoms with E-state index in [1.807, 2.05) is 48.5 Å². The van der Waals surface area contributed by atoms with Crippen LogP contribution in [-0.4, -0.2) is 66.9 Å². The second kappa shape index (κ2) is 10.0. The number of rotatable bonds is 10. The number of nitrogens with zero attached hydrogens (tertiary/aromatic N) is 1. The van der Waals surface area contributed by atoms with E-state index < -0.39 is 30.4 Å². The van der Waals surface area contributed by atoms with E-state index in [1.165, 1.54) is 0 Å². The highest BCUT2D eigenvalue weighted by atomic mass is 16.5. The number of amides is 2. The van der Waals surface area contributed by atoms with Gasteiger partial charge in [-0.25, -0.2) is 4.79 Å². The van der Waals surface area contributed by atoms with E-state index in [4.69, 9.17) is 9.47 Å². The van der Waals surface area contributed by atoms with Crippen LogP contribution in [-0.2, 0) is 19.1 Å². The fraction of sp³-hybridized carbons (Fsp3) is 0.400. The molecule has 1 saturated carbocycles. The van der Waals surface area contributed by atoms with Crippen molar-refractivity contribution in [3.05, 3.63) is 59.7 Å². The molecule has 0 spiro atoms. The lowest BCUT2D eigenvalue weighted by Gasteiger charge is -2.27. The van der Waals surface area contributed by atoms with Gasteiger partial charge >= 0.3 is 12.1 Å². The number of methoxy groups -OCH3 is 1. The Morgan fingerprint density at radius 3 is 2.21 bits per heavy atom. The molecular weight excluding hydrogens is 424 g/mol. The molecule has 2 aliphatic carbocycles. The Morgan fingerprint density at radius 1 is 1.06 bits per heavy atom. The van der Waals surface area contributed by atoms with Gasteiger partial charge in [-0.05, 0) is 35.1 Å². The van der Waals surface area contributed by atoms with Crippen LogP contribution in [0.15, 0.2) is 48.5 Å². The number of aliphatic carboxylic acids is 1. The minimum Gasteiger partial charge on any atom is -0.481 e. The minimum atomic E-state index is -1.20. The van der Waals surface area contributed by atoms with Crippen molar-refractivity contribution in [2.75, 3.05) is 26.9 Å². The second-order valence-corrected chi connectivity index (χ2v) is 8.38. The Labute approximate surface area is 192 Å². The van der Waals surface area contributed by atoms with Gasteiger partial charge in [0.2, 0.25) is 5.91 Å². The van der Waals surface area contributed by atoms with E-state index in [-0.39, 0.29) is 18.6 Å². The third kappa shape index (κ3) is 5.17. The number of carboxylic acids is 1. The molecule has 0 bridgehead atoms. The SMILES string of the molecule is COCCN(C(=O)C(CC(=O)O)NC(=O)OCC1c2ccccc2-c2ccccc21)C1CC1. The van der Waals surface area contributed by atoms with Crippen LogP contribution in [0, 0.1) is 0 Å². The maximum Gasteiger partial charge on any atom is 0.407 e. The highest BCUT2D eigenvalue weighted by Gasteiger charge is 2.37. The lowest BCUT2D eigenvalue weighted by Crippen LogP contribution is -2.51. The third-order valence-electron chi connectivity index (χ3n) is 6.12. The van der Waals surface area contributed by atoms with Gasteiger partial charge in [0.05, 0.1) is 13.0 Å². The van der Waals surface area contributed by atoms with Crippen LogP contribution in [0.5, 0.6) is 0 Å². The van der Waals surface area contributed by atoms with Crippen molar-refractivity contribution in [2.45, 2.75) is 37.3 Å². The topological polar surface area (TPSA) is 105 Å². The van der Waals surface area contributed by atoms with Gasteiger partial charge in [-0.1, -0.05) is 48.5 Å². The Hall–Kier alpha value is -3.39. The first-order valence-electron chi connectivity index (χ1n) is 11.1. The summed E-state index contributed by atoms with van der Waals surface area (Å²) in [7, 11) is 1.54. The van der Waals surface area contributed by atoms with Crippen LogP contribution < -0.4 is 5.32 Å². The smallest absolute Gasteiger partial charge is 0.407 e. The average molecular weight is 453 g/mol. The van der Waals surface area contributed by atoms with E-state index in [2.05, 4.69) is 5.32 Å². The first kappa shape index (κ1) is 22.8. The predicted molar refractivity (Wildman–Crippen MR) is 121 cm³/mol. The van der Waals surface area contributed by atoms with Crippen LogP contribution in [0.3, 0.4) is 0 Å². The van der Waals surface area contributed by atoms with Crippen LogP contribution in [0.4, 0.5) is 4.79 Å². The zero-order valence-corrected chi connectivity index (χ0v) is 18.5. The summed E-state index contributed by atoms with van der Waals surface area (Å²) in [5.74, 6) is -1.72. The normalized spacial score (nSPS) is 15.3. The quantitative estimate of drug-likeness (QED) is 0.574. The molecule has 174 valence electrons. The zero-order chi connectivity index (χ0) is 23.4. The number of fused-ring (bicyclic) bond motifs is 3. The summed E-state index contributed by atoms with van der Waals surface area (Å²) in [6.07, 6.45) is 0.401. The Kier molecular flexibility index (Phi) is 6.93. The average Bonchev–Trinajstić information content (AvgIpc) is 3.59. The molecule has 0 aromatic heterocycles. The standard InChI is InChI=1S/C25H28N2O6/c1-32-13-12-27(16-10-11-16)24(30)22(14-23(28)29)26-25(31)33-15-21-19-8-4-2-6-17(19)18-7-3-5-9-20(18)21/h2-9,16,21-22H,10-15H2,1H3,(H,26,31)(H,28,29). The van der Waals surface area contributed by atoms with Gasteiger partial charge in [-0.15, -0.1) is 0 Å². The lowest BCUT2D eigenvalue weighted by atomic mass is 9.98. The Morgan fingerprint density at radius 2 is 1.67 bits per heavy atom. The molecule has 1 unspecified atom stereocenters. The Bertz CT molecular complexity index is 990. The summed E-state index contributed by atoms with van der Waals surface area (Å²) in [6.45, 7) is 0.777. The molecule has 2 aliphatic rings. The maximum absolute atomic E-state index is 13.0. The molecule has 0 aliphatic heterocycles. The molecule has 2 amide bonds. The first-order valence-corrected chi connectivity index (χ1v) is 11.1. The molecule has 1 atom stereocenters. The lowest BCUT2D eigenvalue weighted by molar-refractivity contribution is -0.143. The molecule has 0 saturated heterocycles. The molecule has 4 rings (SSSR count). The van der Waals surface area contributed by atoms with Crippen LogP contribution in [0.25, 0.3) is 11.1 Å². The van der Waals surface area contributed by atoms with Gasteiger partial charge in [0.25, 0.3) is 0 Å². The summed E-state index contributed by atoms with van der Waals surface area (Å²) in [5.41, 5.74) is 4.37. The van der Waals surface area contributed by atoms with Crippen LogP contribution in [0.2, 0.25) is 0 Å². The number of benzene rings is 2. The van der Waals surface area contributed by atoms with Crippen LogP contribution in [0.1, 0.15) is 36.3 Å². The van der Waals surface area contributed by atoms with Crippen molar-refractivity contribution in [2.24, 2.45) is 0 Å². The molecule has 1 fully saturated rings. The van der Waals surface area contributed by atoms with Gasteiger partial charge < -0.3 is 24.8 Å². The minimum absolute atomic E-state index is 0.0632. The third-order valence-corrected chi connectivity index (χ3v) is 6.12. The number of ether oxygens (including phenoxy) is 2. The molecular formula is C25H28N2O6. The fourth-order valence-corrected chi connectivity index (χ4v) is 4.41. The summed E-state index contributed by atoms with van der Waals surface area (Å²) in [5, 5.41) is 11.8. The van der Waals surface area contributed by atoms with Crippen molar-refractivity contribution in [3.8, 4) is 11.1 Å². The number of alkyl carbamates (subject to hydrolysis) is 1. The number of carboxylic acid groups (broad SMARTS) is 1. The van der Waals surface area contributed by atoms with Crippen molar-refractivity contribution in [1.82, 2.24) is 10.2 Å². The number of hydrogen-bond donors (Lipinski definition) is 2. The monoisotopic (exact) mass is 452 g/mol. The Balaban J connectivity index is 1.43. The van der Waals surface area contributed by atoms with E-state index in [1.54, 1.807) is 12.0 Å². The van der Waals surface area contributed by atoms with Crippen LogP contribution >= 0.6 is 0 Å². The van der Waals surface area contributed by atoms with Gasteiger partial charge in [0.1, 0.15) is 12.6 Å². The molecule has 2 aromatic rings. The van der Waals surface area contributed by atoms with E-state index in [0.717, 1.165) is 35.1 Å². The fourth-order valence-electron chi connectivity index (χ4n) is 4.41. The molecule has 0 heterocycles. The number of carbonyl (C=O) groups is 3. The van der Waals surface area contributed by atoms with Gasteiger partial charge in [0.15, 0.2) is 0 Å². The highest BCUT2D eigenvalue weighted by Crippen LogP contribution is 2.44. The van der Waals surface area contributed by atoms with Crippen molar-refractivity contribution < 1.29 is 29.0 Å². The maximum atomic E-state index is 13.0. The molecule has 0 radical (unpaired) electrons.